The predicted octanol–water partition coefficient (Wildman–Crippen LogP) is 1.33. The van der Waals surface area contributed by atoms with Gasteiger partial charge in [-0.2, -0.15) is 0 Å². The molecule has 0 amide bonds. The Morgan fingerprint density at radius 1 is 1.40 bits per heavy atom. The zero-order valence-corrected chi connectivity index (χ0v) is 9.61. The second kappa shape index (κ2) is 5.55. The summed E-state index contributed by atoms with van der Waals surface area (Å²) in [4.78, 5) is 0. The fourth-order valence-corrected chi connectivity index (χ4v) is 1.86. The zero-order chi connectivity index (χ0) is 11.4. The highest BCUT2D eigenvalue weighted by Gasteiger charge is 2.19. The smallest absolute Gasteiger partial charge is 0.124 e. The zero-order valence-electron chi connectivity index (χ0n) is 8.03. The maximum absolute atomic E-state index is 12.8. The van der Waals surface area contributed by atoms with Gasteiger partial charge >= 0.3 is 0 Å². The van der Waals surface area contributed by atoms with Crippen LogP contribution in [0.5, 0.6) is 0 Å². The third kappa shape index (κ3) is 3.24. The van der Waals surface area contributed by atoms with Crippen molar-refractivity contribution in [1.29, 1.82) is 0 Å². The lowest BCUT2D eigenvalue weighted by atomic mass is 10.0. The number of benzene rings is 1. The van der Waals surface area contributed by atoms with Gasteiger partial charge < -0.3 is 15.9 Å². The van der Waals surface area contributed by atoms with E-state index in [9.17, 15) is 14.6 Å². The molecule has 0 bridgehead atoms. The fraction of sp³-hybridized carbons (Fsp3) is 0.400. The van der Waals surface area contributed by atoms with Crippen LogP contribution >= 0.6 is 15.9 Å². The van der Waals surface area contributed by atoms with Crippen LogP contribution in [-0.4, -0.2) is 22.9 Å². The molecule has 2 atom stereocenters. The van der Waals surface area contributed by atoms with Gasteiger partial charge in [0.1, 0.15) is 11.9 Å². The van der Waals surface area contributed by atoms with Crippen LogP contribution in [-0.2, 0) is 0 Å². The first-order valence-corrected chi connectivity index (χ1v) is 5.36. The average Bonchev–Trinajstić information content (AvgIpc) is 2.17. The second-order valence-corrected chi connectivity index (χ2v) is 4.11. The largest absolute Gasteiger partial charge is 0.390 e. The molecular formula is C10H13BrFNO2. The molecule has 84 valence electrons. The Kier molecular flexibility index (Phi) is 4.66. The third-order valence-corrected chi connectivity index (χ3v) is 2.79. The molecule has 4 N–H and O–H groups in total. The summed E-state index contributed by atoms with van der Waals surface area (Å²) in [5.41, 5.74) is 5.72. The Labute approximate surface area is 95.9 Å². The van der Waals surface area contributed by atoms with Gasteiger partial charge in [-0.3, -0.25) is 0 Å². The van der Waals surface area contributed by atoms with Gasteiger partial charge in [0.05, 0.1) is 6.10 Å². The van der Waals surface area contributed by atoms with E-state index < -0.39 is 18.0 Å². The summed E-state index contributed by atoms with van der Waals surface area (Å²) in [6, 6.07) is 3.91. The Morgan fingerprint density at radius 2 is 2.07 bits per heavy atom. The minimum Gasteiger partial charge on any atom is -0.390 e. The lowest BCUT2D eigenvalue weighted by Gasteiger charge is -2.18. The molecule has 0 aliphatic rings. The molecule has 0 aromatic heterocycles. The van der Waals surface area contributed by atoms with Crippen LogP contribution in [0.15, 0.2) is 22.7 Å². The predicted molar refractivity (Wildman–Crippen MR) is 58.7 cm³/mol. The number of hydrogen-bond donors (Lipinski definition) is 3. The molecule has 0 aliphatic carbocycles. The van der Waals surface area contributed by atoms with Crippen LogP contribution < -0.4 is 5.73 Å². The molecular weight excluding hydrogens is 265 g/mol. The van der Waals surface area contributed by atoms with Gasteiger partial charge in [-0.1, -0.05) is 22.0 Å². The highest BCUT2D eigenvalue weighted by molar-refractivity contribution is 9.10. The van der Waals surface area contributed by atoms with E-state index in [-0.39, 0.29) is 6.54 Å². The van der Waals surface area contributed by atoms with Crippen LogP contribution in [0.25, 0.3) is 0 Å². The molecule has 1 aromatic carbocycles. The summed E-state index contributed by atoms with van der Waals surface area (Å²) in [5, 5.41) is 19.3. The van der Waals surface area contributed by atoms with E-state index in [2.05, 4.69) is 15.9 Å². The first-order valence-electron chi connectivity index (χ1n) is 4.57. The first kappa shape index (κ1) is 12.6. The Morgan fingerprint density at radius 3 is 2.60 bits per heavy atom. The topological polar surface area (TPSA) is 66.5 Å². The van der Waals surface area contributed by atoms with Crippen LogP contribution in [0.3, 0.4) is 0 Å². The van der Waals surface area contributed by atoms with Gasteiger partial charge in [-0.15, -0.1) is 0 Å². The second-order valence-electron chi connectivity index (χ2n) is 3.26. The normalized spacial score (nSPS) is 15.0. The molecule has 0 saturated carbocycles. The summed E-state index contributed by atoms with van der Waals surface area (Å²) < 4.78 is 13.2. The molecule has 1 rings (SSSR count). The van der Waals surface area contributed by atoms with Crippen molar-refractivity contribution in [3.63, 3.8) is 0 Å². The number of nitrogens with two attached hydrogens (primary N) is 1. The van der Waals surface area contributed by atoms with Crippen molar-refractivity contribution < 1.29 is 14.6 Å². The molecule has 0 heterocycles. The maximum atomic E-state index is 12.8. The molecule has 0 saturated heterocycles. The lowest BCUT2D eigenvalue weighted by molar-refractivity contribution is 0.0145. The minimum absolute atomic E-state index is 0.289. The van der Waals surface area contributed by atoms with Gasteiger partial charge in [-0.05, 0) is 30.7 Å². The van der Waals surface area contributed by atoms with Crippen LogP contribution in [0.4, 0.5) is 4.39 Å². The molecule has 0 radical (unpaired) electrons. The summed E-state index contributed by atoms with van der Waals surface area (Å²) >= 11 is 3.12. The molecule has 1 aromatic rings. The van der Waals surface area contributed by atoms with Crippen molar-refractivity contribution in [2.45, 2.75) is 18.6 Å². The van der Waals surface area contributed by atoms with Gasteiger partial charge in [0.25, 0.3) is 0 Å². The van der Waals surface area contributed by atoms with E-state index >= 15 is 0 Å². The molecule has 3 nitrogen and oxygen atoms in total. The molecule has 2 unspecified atom stereocenters. The van der Waals surface area contributed by atoms with Crippen LogP contribution in [0, 0.1) is 5.82 Å². The highest BCUT2D eigenvalue weighted by Crippen LogP contribution is 2.27. The molecule has 5 heteroatoms. The fourth-order valence-electron chi connectivity index (χ4n) is 1.28. The molecule has 0 aliphatic heterocycles. The lowest BCUT2D eigenvalue weighted by Crippen LogP contribution is -2.22. The Bertz CT molecular complexity index is 335. The summed E-state index contributed by atoms with van der Waals surface area (Å²) in [5.74, 6) is -0.397. The number of aliphatic hydroxyl groups is 2. The monoisotopic (exact) mass is 277 g/mol. The quantitative estimate of drug-likeness (QED) is 0.778. The van der Waals surface area contributed by atoms with Crippen molar-refractivity contribution in [1.82, 2.24) is 0 Å². The molecule has 0 fully saturated rings. The van der Waals surface area contributed by atoms with Crippen molar-refractivity contribution in [3.05, 3.63) is 34.1 Å². The van der Waals surface area contributed by atoms with E-state index in [0.29, 0.717) is 16.5 Å². The van der Waals surface area contributed by atoms with Crippen LogP contribution in [0.2, 0.25) is 0 Å². The van der Waals surface area contributed by atoms with E-state index in [1.165, 1.54) is 18.2 Å². The van der Waals surface area contributed by atoms with Gasteiger partial charge in [0.2, 0.25) is 0 Å². The van der Waals surface area contributed by atoms with Crippen LogP contribution in [0.1, 0.15) is 18.1 Å². The summed E-state index contributed by atoms with van der Waals surface area (Å²) in [7, 11) is 0. The van der Waals surface area contributed by atoms with E-state index in [1.54, 1.807) is 0 Å². The van der Waals surface area contributed by atoms with E-state index in [0.717, 1.165) is 0 Å². The van der Waals surface area contributed by atoms with E-state index in [1.807, 2.05) is 0 Å². The molecule has 15 heavy (non-hydrogen) atoms. The number of aliphatic hydroxyl groups excluding tert-OH is 2. The van der Waals surface area contributed by atoms with Gasteiger partial charge in [0.15, 0.2) is 0 Å². The SMILES string of the molecule is NCCC(O)C(O)c1ccc(F)cc1Br. The van der Waals surface area contributed by atoms with Gasteiger partial charge in [-0.25, -0.2) is 4.39 Å². The standard InChI is InChI=1S/C10H13BrFNO2/c11-8-5-6(12)1-2-7(8)10(15)9(14)3-4-13/h1-2,5,9-10,14-15H,3-4,13H2. The van der Waals surface area contributed by atoms with Crippen molar-refractivity contribution in [3.8, 4) is 0 Å². The molecule has 0 spiro atoms. The maximum Gasteiger partial charge on any atom is 0.124 e. The summed E-state index contributed by atoms with van der Waals surface area (Å²) in [6.45, 7) is 0.289. The van der Waals surface area contributed by atoms with Gasteiger partial charge in [0, 0.05) is 4.47 Å². The average molecular weight is 278 g/mol. The number of rotatable bonds is 4. The summed E-state index contributed by atoms with van der Waals surface area (Å²) in [6.07, 6.45) is -1.69. The Balaban J connectivity index is 2.86. The number of halogens is 2. The van der Waals surface area contributed by atoms with Crippen molar-refractivity contribution in [2.75, 3.05) is 6.54 Å². The Hall–Kier alpha value is -0.490. The first-order chi connectivity index (χ1) is 7.06. The number of hydrogen-bond acceptors (Lipinski definition) is 3. The minimum atomic E-state index is -1.05. The van der Waals surface area contributed by atoms with E-state index in [4.69, 9.17) is 5.73 Å². The third-order valence-electron chi connectivity index (χ3n) is 2.11. The van der Waals surface area contributed by atoms with Crippen molar-refractivity contribution >= 4 is 15.9 Å². The van der Waals surface area contributed by atoms with Crippen molar-refractivity contribution in [2.24, 2.45) is 5.73 Å². The highest BCUT2D eigenvalue weighted by atomic mass is 79.9.